The molecule has 3 aliphatic rings. The highest BCUT2D eigenvalue weighted by Crippen LogP contribution is 2.41. The summed E-state index contributed by atoms with van der Waals surface area (Å²) in [6.07, 6.45) is 10.2. The molecule has 3 heterocycles. The fraction of sp³-hybridized carbons (Fsp3) is 0.483. The minimum Gasteiger partial charge on any atom is -0.349 e. The van der Waals surface area contributed by atoms with Crippen LogP contribution in [0.15, 0.2) is 53.2 Å². The summed E-state index contributed by atoms with van der Waals surface area (Å²) in [5.74, 6) is 0.0251. The van der Waals surface area contributed by atoms with E-state index in [9.17, 15) is 14.4 Å². The van der Waals surface area contributed by atoms with Gasteiger partial charge in [-0.05, 0) is 78.1 Å². The van der Waals surface area contributed by atoms with Crippen LogP contribution in [0.1, 0.15) is 60.9 Å². The maximum absolute atomic E-state index is 13.6. The third kappa shape index (κ3) is 5.56. The second-order valence-electron chi connectivity index (χ2n) is 10.6. The van der Waals surface area contributed by atoms with Gasteiger partial charge in [0.05, 0.1) is 5.92 Å². The van der Waals surface area contributed by atoms with E-state index in [1.54, 1.807) is 17.4 Å². The molecule has 2 unspecified atom stereocenters. The summed E-state index contributed by atoms with van der Waals surface area (Å²) in [7, 11) is 0. The van der Waals surface area contributed by atoms with E-state index in [4.69, 9.17) is 0 Å². The number of thiophene rings is 1. The molecule has 2 aliphatic heterocycles. The summed E-state index contributed by atoms with van der Waals surface area (Å²) in [4.78, 5) is 43.0. The monoisotopic (exact) mass is 505 g/mol. The van der Waals surface area contributed by atoms with Crippen molar-refractivity contribution < 1.29 is 14.4 Å². The van der Waals surface area contributed by atoms with Crippen molar-refractivity contribution in [3.63, 3.8) is 0 Å². The number of rotatable bonds is 5. The average molecular weight is 506 g/mol. The first-order chi connectivity index (χ1) is 17.5. The van der Waals surface area contributed by atoms with E-state index < -0.39 is 0 Å². The molecule has 6 nitrogen and oxygen atoms in total. The Morgan fingerprint density at radius 2 is 1.67 bits per heavy atom. The van der Waals surface area contributed by atoms with Crippen molar-refractivity contribution in [1.82, 2.24) is 15.1 Å². The Labute approximate surface area is 217 Å². The molecule has 1 saturated carbocycles. The molecule has 5 rings (SSSR count). The normalized spacial score (nSPS) is 23.8. The summed E-state index contributed by atoms with van der Waals surface area (Å²) in [6, 6.07) is 11.2. The molecule has 36 heavy (non-hydrogen) atoms. The minimum absolute atomic E-state index is 0.0705. The average Bonchev–Trinajstić information content (AvgIpc) is 3.59. The number of carbonyl (C=O) groups is 3. The topological polar surface area (TPSA) is 69.7 Å². The maximum atomic E-state index is 13.6. The van der Waals surface area contributed by atoms with Crippen LogP contribution in [0.3, 0.4) is 0 Å². The molecular weight excluding hydrogens is 470 g/mol. The zero-order valence-electron chi connectivity index (χ0n) is 20.7. The van der Waals surface area contributed by atoms with Crippen LogP contribution < -0.4 is 5.32 Å². The quantitative estimate of drug-likeness (QED) is 0.605. The Bertz CT molecular complexity index is 1090. The van der Waals surface area contributed by atoms with Gasteiger partial charge in [0.25, 0.3) is 5.91 Å². The van der Waals surface area contributed by atoms with Gasteiger partial charge in [-0.25, -0.2) is 0 Å². The van der Waals surface area contributed by atoms with E-state index in [0.717, 1.165) is 76.7 Å². The highest BCUT2D eigenvalue weighted by molar-refractivity contribution is 7.08. The van der Waals surface area contributed by atoms with E-state index in [1.807, 2.05) is 63.0 Å². The van der Waals surface area contributed by atoms with Gasteiger partial charge < -0.3 is 15.1 Å². The van der Waals surface area contributed by atoms with E-state index in [1.165, 1.54) is 0 Å². The summed E-state index contributed by atoms with van der Waals surface area (Å²) in [6.45, 7) is 3.04. The molecular formula is C29H35N3O3S. The zero-order valence-corrected chi connectivity index (χ0v) is 21.6. The molecule has 1 N–H and O–H groups in total. The Balaban J connectivity index is 1.15. The third-order valence-corrected chi connectivity index (χ3v) is 8.98. The van der Waals surface area contributed by atoms with Crippen LogP contribution in [0.25, 0.3) is 6.08 Å². The molecule has 0 radical (unpaired) electrons. The first-order valence-corrected chi connectivity index (χ1v) is 14.1. The predicted molar refractivity (Wildman–Crippen MR) is 142 cm³/mol. The van der Waals surface area contributed by atoms with Crippen LogP contribution in [0.5, 0.6) is 0 Å². The van der Waals surface area contributed by atoms with E-state index in [-0.39, 0.29) is 35.1 Å². The van der Waals surface area contributed by atoms with Gasteiger partial charge in [-0.2, -0.15) is 11.3 Å². The lowest BCUT2D eigenvalue weighted by Gasteiger charge is -2.39. The highest BCUT2D eigenvalue weighted by atomic mass is 32.1. The lowest BCUT2D eigenvalue weighted by atomic mass is 9.77. The van der Waals surface area contributed by atoms with Gasteiger partial charge in [-0.15, -0.1) is 0 Å². The van der Waals surface area contributed by atoms with Crippen LogP contribution >= 0.6 is 11.3 Å². The molecule has 2 saturated heterocycles. The predicted octanol–water partition coefficient (Wildman–Crippen LogP) is 4.59. The molecule has 1 spiro atoms. The van der Waals surface area contributed by atoms with Crippen molar-refractivity contribution in [2.24, 2.45) is 11.3 Å². The van der Waals surface area contributed by atoms with Crippen LogP contribution in [0, 0.1) is 11.3 Å². The van der Waals surface area contributed by atoms with Crippen molar-refractivity contribution in [3.05, 3.63) is 64.4 Å². The first-order valence-electron chi connectivity index (χ1n) is 13.2. The molecule has 1 aliphatic carbocycles. The van der Waals surface area contributed by atoms with Gasteiger partial charge in [0.15, 0.2) is 0 Å². The molecule has 0 bridgehead atoms. The molecule has 2 atom stereocenters. The van der Waals surface area contributed by atoms with Crippen molar-refractivity contribution in [2.45, 2.75) is 51.0 Å². The molecule has 190 valence electrons. The SMILES string of the molecule is O=C(NC1CCCCC1C(=O)N1CCC2(CCN(C(=O)C=Cc3ccsc3)CC2)C1)c1ccccc1. The maximum Gasteiger partial charge on any atom is 0.251 e. The van der Waals surface area contributed by atoms with Crippen molar-refractivity contribution in [1.29, 1.82) is 0 Å². The smallest absolute Gasteiger partial charge is 0.251 e. The first kappa shape index (κ1) is 24.8. The lowest BCUT2D eigenvalue weighted by molar-refractivity contribution is -0.137. The van der Waals surface area contributed by atoms with Crippen LogP contribution in [-0.2, 0) is 9.59 Å². The highest BCUT2D eigenvalue weighted by Gasteiger charge is 2.45. The number of hydrogen-bond acceptors (Lipinski definition) is 4. The molecule has 3 fully saturated rings. The lowest BCUT2D eigenvalue weighted by Crippen LogP contribution is -2.50. The van der Waals surface area contributed by atoms with Gasteiger partial charge in [0.2, 0.25) is 11.8 Å². The fourth-order valence-electron chi connectivity index (χ4n) is 6.05. The number of nitrogens with one attached hydrogen (secondary N) is 1. The summed E-state index contributed by atoms with van der Waals surface area (Å²) in [5, 5.41) is 7.20. The number of nitrogens with zero attached hydrogens (tertiary/aromatic N) is 2. The number of hydrogen-bond donors (Lipinski definition) is 1. The summed E-state index contributed by atoms with van der Waals surface area (Å²) < 4.78 is 0. The van der Waals surface area contributed by atoms with Crippen molar-refractivity contribution >= 4 is 35.1 Å². The number of carbonyl (C=O) groups excluding carboxylic acids is 3. The van der Waals surface area contributed by atoms with Crippen LogP contribution in [-0.4, -0.2) is 59.7 Å². The standard InChI is InChI=1S/C29H35N3O3S/c33-26(11-10-22-12-19-36-20-22)31-16-13-29(14-17-31)15-18-32(21-29)28(35)24-8-4-5-9-25(24)30-27(34)23-6-2-1-3-7-23/h1-3,6-7,10-12,19-20,24-25H,4-5,8-9,13-18,21H2,(H,30,34). The molecule has 3 amide bonds. The van der Waals surface area contributed by atoms with Gasteiger partial charge in [0.1, 0.15) is 0 Å². The third-order valence-electron chi connectivity index (χ3n) is 8.28. The van der Waals surface area contributed by atoms with E-state index in [2.05, 4.69) is 5.32 Å². The minimum atomic E-state index is -0.148. The molecule has 1 aromatic heterocycles. The number of piperidine rings is 1. The molecule has 1 aromatic carbocycles. The van der Waals surface area contributed by atoms with Crippen molar-refractivity contribution in [2.75, 3.05) is 26.2 Å². The molecule has 2 aromatic rings. The Morgan fingerprint density at radius 1 is 0.944 bits per heavy atom. The largest absolute Gasteiger partial charge is 0.349 e. The Morgan fingerprint density at radius 3 is 2.39 bits per heavy atom. The van der Waals surface area contributed by atoms with E-state index in [0.29, 0.717) is 5.56 Å². The van der Waals surface area contributed by atoms with E-state index >= 15 is 0 Å². The van der Waals surface area contributed by atoms with Gasteiger partial charge in [-0.1, -0.05) is 31.0 Å². The van der Waals surface area contributed by atoms with Crippen molar-refractivity contribution in [3.8, 4) is 0 Å². The van der Waals surface area contributed by atoms with Gasteiger partial charge in [-0.3, -0.25) is 14.4 Å². The Kier molecular flexibility index (Phi) is 7.56. The summed E-state index contributed by atoms with van der Waals surface area (Å²) in [5.41, 5.74) is 1.81. The number of likely N-dealkylation sites (tertiary alicyclic amines) is 2. The Hall–Kier alpha value is -2.93. The second kappa shape index (κ2) is 11.0. The molecule has 7 heteroatoms. The number of amides is 3. The fourth-order valence-corrected chi connectivity index (χ4v) is 6.68. The number of benzene rings is 1. The van der Waals surface area contributed by atoms with Crippen LogP contribution in [0.2, 0.25) is 0 Å². The summed E-state index contributed by atoms with van der Waals surface area (Å²) >= 11 is 1.62. The zero-order chi connectivity index (χ0) is 25.0. The van der Waals surface area contributed by atoms with Crippen LogP contribution in [0.4, 0.5) is 0 Å². The second-order valence-corrected chi connectivity index (χ2v) is 11.3. The van der Waals surface area contributed by atoms with Gasteiger partial charge >= 0.3 is 0 Å². The van der Waals surface area contributed by atoms with Gasteiger partial charge in [0, 0.05) is 43.9 Å².